The standard InChI is InChI=1S/C32H45N3O5/c1-22-18-35(23(2)21-36)31(37)17-26-16-27(33-32(38)25-8-6-5-7-9-25)12-15-29(26)40-30(22)20-34(3)19-24-10-13-28(39-4)14-11-24/h10-16,22-23,25,30,36H,5-9,17-21H2,1-4H3,(H,33,38)/t22-,23+,30-/m1/s1. The molecule has 1 fully saturated rings. The fourth-order valence-electron chi connectivity index (χ4n) is 5.75. The maximum atomic E-state index is 13.5. The summed E-state index contributed by atoms with van der Waals surface area (Å²) < 4.78 is 11.9. The zero-order valence-electron chi connectivity index (χ0n) is 24.4. The van der Waals surface area contributed by atoms with Gasteiger partial charge in [-0.2, -0.15) is 0 Å². The number of anilines is 1. The number of amides is 2. The third-order valence-electron chi connectivity index (χ3n) is 8.26. The predicted molar refractivity (Wildman–Crippen MR) is 157 cm³/mol. The number of fused-ring (bicyclic) bond motifs is 1. The lowest BCUT2D eigenvalue weighted by molar-refractivity contribution is -0.134. The number of likely N-dealkylation sites (N-methyl/N-ethyl adjacent to an activating group) is 1. The monoisotopic (exact) mass is 551 g/mol. The van der Waals surface area contributed by atoms with Crippen LogP contribution in [0.2, 0.25) is 0 Å². The molecule has 1 aliphatic heterocycles. The van der Waals surface area contributed by atoms with E-state index in [9.17, 15) is 14.7 Å². The van der Waals surface area contributed by atoms with Gasteiger partial charge in [0.2, 0.25) is 11.8 Å². The molecule has 1 heterocycles. The molecule has 0 unspecified atom stereocenters. The minimum absolute atomic E-state index is 0.0212. The number of aliphatic hydroxyl groups excluding tert-OH is 1. The molecule has 2 aliphatic rings. The van der Waals surface area contributed by atoms with E-state index in [0.717, 1.165) is 43.5 Å². The summed E-state index contributed by atoms with van der Waals surface area (Å²) in [6, 6.07) is 13.4. The number of carbonyl (C=O) groups excluding carboxylic acids is 2. The number of methoxy groups -OCH3 is 1. The van der Waals surface area contributed by atoms with E-state index < -0.39 is 0 Å². The van der Waals surface area contributed by atoms with Gasteiger partial charge in [-0.15, -0.1) is 0 Å². The van der Waals surface area contributed by atoms with Gasteiger partial charge in [0.25, 0.3) is 0 Å². The van der Waals surface area contributed by atoms with Crippen LogP contribution in [0.25, 0.3) is 0 Å². The molecule has 1 saturated carbocycles. The van der Waals surface area contributed by atoms with Gasteiger partial charge < -0.3 is 24.8 Å². The first-order valence-electron chi connectivity index (χ1n) is 14.6. The molecule has 2 aromatic rings. The lowest BCUT2D eigenvalue weighted by Crippen LogP contribution is -2.47. The second-order valence-corrected chi connectivity index (χ2v) is 11.6. The third-order valence-corrected chi connectivity index (χ3v) is 8.26. The molecule has 8 heteroatoms. The lowest BCUT2D eigenvalue weighted by atomic mass is 9.88. The normalized spacial score (nSPS) is 21.1. The molecular weight excluding hydrogens is 506 g/mol. The first-order chi connectivity index (χ1) is 19.3. The topological polar surface area (TPSA) is 91.3 Å². The third kappa shape index (κ3) is 7.76. The predicted octanol–water partition coefficient (Wildman–Crippen LogP) is 4.50. The highest BCUT2D eigenvalue weighted by atomic mass is 16.5. The Bertz CT molecular complexity index is 1130. The maximum absolute atomic E-state index is 13.5. The second kappa shape index (κ2) is 14.0. The smallest absolute Gasteiger partial charge is 0.227 e. The Hall–Kier alpha value is -3.10. The summed E-state index contributed by atoms with van der Waals surface area (Å²) in [6.07, 6.45) is 5.19. The van der Waals surface area contributed by atoms with Crippen molar-refractivity contribution in [2.75, 3.05) is 39.2 Å². The van der Waals surface area contributed by atoms with Crippen molar-refractivity contribution in [1.29, 1.82) is 0 Å². The SMILES string of the molecule is COc1ccc(CN(C)C[C@H]2Oc3ccc(NC(=O)C4CCCCC4)cc3CC(=O)N([C@@H](C)CO)C[C@H]2C)cc1. The Kier molecular flexibility index (Phi) is 10.5. The van der Waals surface area contributed by atoms with Gasteiger partial charge in [0.15, 0.2) is 0 Å². The number of rotatable bonds is 9. The van der Waals surface area contributed by atoms with E-state index in [2.05, 4.69) is 36.3 Å². The molecule has 2 aromatic carbocycles. The van der Waals surface area contributed by atoms with Crippen LogP contribution >= 0.6 is 0 Å². The number of aliphatic hydroxyl groups is 1. The van der Waals surface area contributed by atoms with Crippen LogP contribution < -0.4 is 14.8 Å². The molecule has 2 N–H and O–H groups in total. The molecule has 0 saturated heterocycles. The van der Waals surface area contributed by atoms with Crippen molar-refractivity contribution in [3.63, 3.8) is 0 Å². The molecule has 2 amide bonds. The number of ether oxygens (including phenoxy) is 2. The number of benzene rings is 2. The number of nitrogens with one attached hydrogen (secondary N) is 1. The lowest BCUT2D eigenvalue weighted by Gasteiger charge is -2.34. The average molecular weight is 552 g/mol. The van der Waals surface area contributed by atoms with Crippen molar-refractivity contribution in [3.8, 4) is 11.5 Å². The summed E-state index contributed by atoms with van der Waals surface area (Å²) in [5.74, 6) is 1.56. The number of nitrogens with zero attached hydrogens (tertiary/aromatic N) is 2. The zero-order valence-corrected chi connectivity index (χ0v) is 24.4. The Morgan fingerprint density at radius 3 is 2.58 bits per heavy atom. The minimum atomic E-state index is -0.302. The van der Waals surface area contributed by atoms with Crippen LogP contribution in [-0.2, 0) is 22.6 Å². The Morgan fingerprint density at radius 1 is 1.18 bits per heavy atom. The molecule has 40 heavy (non-hydrogen) atoms. The van der Waals surface area contributed by atoms with Crippen molar-refractivity contribution >= 4 is 17.5 Å². The maximum Gasteiger partial charge on any atom is 0.227 e. The molecule has 0 bridgehead atoms. The summed E-state index contributed by atoms with van der Waals surface area (Å²) >= 11 is 0. The summed E-state index contributed by atoms with van der Waals surface area (Å²) in [5.41, 5.74) is 2.61. The zero-order chi connectivity index (χ0) is 28.6. The van der Waals surface area contributed by atoms with Crippen molar-refractivity contribution in [2.24, 2.45) is 11.8 Å². The number of hydrogen-bond acceptors (Lipinski definition) is 6. The van der Waals surface area contributed by atoms with Crippen LogP contribution in [0.5, 0.6) is 11.5 Å². The highest BCUT2D eigenvalue weighted by molar-refractivity contribution is 5.93. The van der Waals surface area contributed by atoms with Gasteiger partial charge in [-0.05, 0) is 62.7 Å². The Labute approximate surface area is 238 Å². The van der Waals surface area contributed by atoms with Crippen molar-refractivity contribution < 1.29 is 24.2 Å². The van der Waals surface area contributed by atoms with Crippen LogP contribution in [0, 0.1) is 11.8 Å². The average Bonchev–Trinajstić information content (AvgIpc) is 3.01. The van der Waals surface area contributed by atoms with Crippen LogP contribution in [0.15, 0.2) is 42.5 Å². The number of hydrogen-bond donors (Lipinski definition) is 2. The molecule has 218 valence electrons. The summed E-state index contributed by atoms with van der Waals surface area (Å²) in [4.78, 5) is 30.4. The van der Waals surface area contributed by atoms with E-state index in [1.165, 1.54) is 12.0 Å². The molecule has 1 aliphatic carbocycles. The van der Waals surface area contributed by atoms with Gasteiger partial charge in [0.1, 0.15) is 17.6 Å². The van der Waals surface area contributed by atoms with Crippen molar-refractivity contribution in [3.05, 3.63) is 53.6 Å². The second-order valence-electron chi connectivity index (χ2n) is 11.6. The first-order valence-corrected chi connectivity index (χ1v) is 14.6. The molecule has 4 rings (SSSR count). The van der Waals surface area contributed by atoms with Crippen LogP contribution in [0.3, 0.4) is 0 Å². The fraction of sp³-hybridized carbons (Fsp3) is 0.562. The van der Waals surface area contributed by atoms with Gasteiger partial charge in [0, 0.05) is 42.7 Å². The van der Waals surface area contributed by atoms with Gasteiger partial charge >= 0.3 is 0 Å². The molecule has 8 nitrogen and oxygen atoms in total. The molecule has 3 atom stereocenters. The van der Waals surface area contributed by atoms with E-state index in [1.807, 2.05) is 37.3 Å². The van der Waals surface area contributed by atoms with Crippen LogP contribution in [-0.4, -0.2) is 72.7 Å². The molecular formula is C32H45N3O5. The van der Waals surface area contributed by atoms with Gasteiger partial charge in [0.05, 0.1) is 26.2 Å². The highest BCUT2D eigenvalue weighted by Gasteiger charge is 2.31. The van der Waals surface area contributed by atoms with E-state index >= 15 is 0 Å². The molecule has 0 radical (unpaired) electrons. The van der Waals surface area contributed by atoms with Crippen molar-refractivity contribution in [2.45, 2.75) is 71.1 Å². The van der Waals surface area contributed by atoms with Gasteiger partial charge in [-0.3, -0.25) is 14.5 Å². The van der Waals surface area contributed by atoms with E-state index in [4.69, 9.17) is 9.47 Å². The quantitative estimate of drug-likeness (QED) is 0.477. The van der Waals surface area contributed by atoms with Gasteiger partial charge in [-0.1, -0.05) is 38.3 Å². The highest BCUT2D eigenvalue weighted by Crippen LogP contribution is 2.31. The Balaban J connectivity index is 1.55. The summed E-state index contributed by atoms with van der Waals surface area (Å²) in [6.45, 7) is 5.75. The Morgan fingerprint density at radius 2 is 1.90 bits per heavy atom. The largest absolute Gasteiger partial charge is 0.497 e. The summed E-state index contributed by atoms with van der Waals surface area (Å²) in [7, 11) is 3.73. The molecule has 0 aromatic heterocycles. The minimum Gasteiger partial charge on any atom is -0.497 e. The van der Waals surface area contributed by atoms with E-state index in [0.29, 0.717) is 24.5 Å². The first kappa shape index (κ1) is 29.9. The summed E-state index contributed by atoms with van der Waals surface area (Å²) in [5, 5.41) is 13.0. The van der Waals surface area contributed by atoms with Gasteiger partial charge in [-0.25, -0.2) is 0 Å². The van der Waals surface area contributed by atoms with E-state index in [-0.39, 0.29) is 48.8 Å². The van der Waals surface area contributed by atoms with Crippen molar-refractivity contribution in [1.82, 2.24) is 9.80 Å². The number of carbonyl (C=O) groups is 2. The van der Waals surface area contributed by atoms with Crippen LogP contribution in [0.4, 0.5) is 5.69 Å². The fourth-order valence-corrected chi connectivity index (χ4v) is 5.75. The van der Waals surface area contributed by atoms with Crippen LogP contribution in [0.1, 0.15) is 57.1 Å². The van der Waals surface area contributed by atoms with E-state index in [1.54, 1.807) is 12.0 Å². The molecule has 0 spiro atoms.